The fraction of sp³-hybridized carbons (Fsp3) is 0.750. The smallest absolute Gasteiger partial charge is 0.304 e. The molecule has 0 saturated carbocycles. The molecule has 0 heterocycles. The molecule has 0 rings (SSSR count). The Morgan fingerprint density at radius 1 is 1.75 bits per heavy atom. The maximum atomic E-state index is 10.2. The van der Waals surface area contributed by atoms with Crippen LogP contribution in [0.2, 0.25) is 0 Å². The summed E-state index contributed by atoms with van der Waals surface area (Å²) in [6, 6.07) is 2.18. The van der Waals surface area contributed by atoms with Crippen molar-refractivity contribution < 1.29 is 9.90 Å². The molecule has 1 N–H and O–H groups in total. The van der Waals surface area contributed by atoms with Crippen LogP contribution in [0, 0.1) is 11.3 Å². The van der Waals surface area contributed by atoms with Gasteiger partial charge in [0.15, 0.2) is 0 Å². The minimum atomic E-state index is -0.800. The molecule has 1 atom stereocenters. The van der Waals surface area contributed by atoms with Gasteiger partial charge in [0.05, 0.1) is 18.9 Å². The standard InChI is InChI=1S/C8H14N2O2/c1-7(3-5-9)10(2)6-4-8(11)12/h7H,3-4,6H2,1-2H3,(H,11,12). The van der Waals surface area contributed by atoms with E-state index in [1.165, 1.54) is 0 Å². The lowest BCUT2D eigenvalue weighted by atomic mass is 10.2. The van der Waals surface area contributed by atoms with E-state index >= 15 is 0 Å². The Bertz CT molecular complexity index is 186. The minimum Gasteiger partial charge on any atom is -0.481 e. The highest BCUT2D eigenvalue weighted by Crippen LogP contribution is 2.00. The molecular weight excluding hydrogens is 156 g/mol. The van der Waals surface area contributed by atoms with Crippen molar-refractivity contribution in [2.24, 2.45) is 0 Å². The van der Waals surface area contributed by atoms with Crippen molar-refractivity contribution in [3.8, 4) is 6.07 Å². The highest BCUT2D eigenvalue weighted by molar-refractivity contribution is 5.66. The second-order valence-corrected chi connectivity index (χ2v) is 2.84. The van der Waals surface area contributed by atoms with E-state index in [0.29, 0.717) is 13.0 Å². The molecule has 0 aromatic heterocycles. The van der Waals surface area contributed by atoms with Gasteiger partial charge in [0.1, 0.15) is 0 Å². The Morgan fingerprint density at radius 2 is 2.33 bits per heavy atom. The first-order valence-electron chi connectivity index (χ1n) is 3.87. The summed E-state index contributed by atoms with van der Waals surface area (Å²) in [5, 5.41) is 16.8. The van der Waals surface area contributed by atoms with Gasteiger partial charge < -0.3 is 10.0 Å². The van der Waals surface area contributed by atoms with Gasteiger partial charge in [-0.3, -0.25) is 4.79 Å². The van der Waals surface area contributed by atoms with Crippen molar-refractivity contribution in [1.29, 1.82) is 5.26 Å². The van der Waals surface area contributed by atoms with Crippen LogP contribution < -0.4 is 0 Å². The number of carboxylic acid groups (broad SMARTS) is 1. The SMILES string of the molecule is CC(CC#N)N(C)CCC(=O)O. The molecular formula is C8H14N2O2. The van der Waals surface area contributed by atoms with Crippen LogP contribution in [0.3, 0.4) is 0 Å². The van der Waals surface area contributed by atoms with Gasteiger partial charge in [-0.2, -0.15) is 5.26 Å². The number of nitrogens with zero attached hydrogens (tertiary/aromatic N) is 2. The van der Waals surface area contributed by atoms with E-state index in [-0.39, 0.29) is 12.5 Å². The quantitative estimate of drug-likeness (QED) is 0.659. The number of carboxylic acids is 1. The van der Waals surface area contributed by atoms with Gasteiger partial charge in [-0.25, -0.2) is 0 Å². The largest absolute Gasteiger partial charge is 0.481 e. The van der Waals surface area contributed by atoms with Crippen molar-refractivity contribution >= 4 is 5.97 Å². The molecule has 4 nitrogen and oxygen atoms in total. The van der Waals surface area contributed by atoms with Crippen molar-refractivity contribution in [2.75, 3.05) is 13.6 Å². The number of hydrogen-bond donors (Lipinski definition) is 1. The summed E-state index contributed by atoms with van der Waals surface area (Å²) >= 11 is 0. The van der Waals surface area contributed by atoms with Crippen LogP contribution in [0.1, 0.15) is 19.8 Å². The molecule has 0 aromatic rings. The molecule has 0 aliphatic heterocycles. The second-order valence-electron chi connectivity index (χ2n) is 2.84. The first kappa shape index (κ1) is 10.9. The van der Waals surface area contributed by atoms with Crippen LogP contribution in [0.5, 0.6) is 0 Å². The second kappa shape index (κ2) is 5.56. The first-order valence-corrected chi connectivity index (χ1v) is 3.87. The van der Waals surface area contributed by atoms with Crippen molar-refractivity contribution in [3.63, 3.8) is 0 Å². The molecule has 0 amide bonds. The maximum Gasteiger partial charge on any atom is 0.304 e. The van der Waals surface area contributed by atoms with E-state index in [4.69, 9.17) is 10.4 Å². The van der Waals surface area contributed by atoms with Gasteiger partial charge in [0, 0.05) is 12.6 Å². The summed E-state index contributed by atoms with van der Waals surface area (Å²) in [7, 11) is 1.82. The Hall–Kier alpha value is -1.08. The summed E-state index contributed by atoms with van der Waals surface area (Å²) in [6.45, 7) is 2.41. The molecule has 1 unspecified atom stereocenters. The monoisotopic (exact) mass is 170 g/mol. The number of rotatable bonds is 5. The van der Waals surface area contributed by atoms with Gasteiger partial charge in [-0.1, -0.05) is 0 Å². The predicted molar refractivity (Wildman–Crippen MR) is 44.6 cm³/mol. The number of aliphatic carboxylic acids is 1. The number of carbonyl (C=O) groups is 1. The normalized spacial score (nSPS) is 12.5. The van der Waals surface area contributed by atoms with E-state index in [0.717, 1.165) is 0 Å². The van der Waals surface area contributed by atoms with E-state index in [9.17, 15) is 4.79 Å². The third-order valence-electron chi connectivity index (χ3n) is 1.82. The molecule has 0 spiro atoms. The first-order chi connectivity index (χ1) is 5.57. The topological polar surface area (TPSA) is 64.3 Å². The van der Waals surface area contributed by atoms with Crippen LogP contribution in [-0.2, 0) is 4.79 Å². The highest BCUT2D eigenvalue weighted by Gasteiger charge is 2.09. The Labute approximate surface area is 72.4 Å². The third kappa shape index (κ3) is 4.69. The lowest BCUT2D eigenvalue weighted by Crippen LogP contribution is -2.30. The van der Waals surface area contributed by atoms with Gasteiger partial charge in [-0.15, -0.1) is 0 Å². The molecule has 0 aliphatic carbocycles. The zero-order valence-corrected chi connectivity index (χ0v) is 7.45. The third-order valence-corrected chi connectivity index (χ3v) is 1.82. The molecule has 0 saturated heterocycles. The fourth-order valence-corrected chi connectivity index (χ4v) is 0.780. The summed E-state index contributed by atoms with van der Waals surface area (Å²) in [4.78, 5) is 12.1. The van der Waals surface area contributed by atoms with Gasteiger partial charge >= 0.3 is 5.97 Å². The molecule has 0 bridgehead atoms. The summed E-state index contributed by atoms with van der Waals surface area (Å²) < 4.78 is 0. The van der Waals surface area contributed by atoms with Gasteiger partial charge in [0.25, 0.3) is 0 Å². The van der Waals surface area contributed by atoms with Gasteiger partial charge in [-0.05, 0) is 14.0 Å². The zero-order chi connectivity index (χ0) is 9.56. The average Bonchev–Trinajstić information content (AvgIpc) is 2.00. The fourth-order valence-electron chi connectivity index (χ4n) is 0.780. The van der Waals surface area contributed by atoms with Crippen LogP contribution in [0.25, 0.3) is 0 Å². The lowest BCUT2D eigenvalue weighted by molar-refractivity contribution is -0.137. The zero-order valence-electron chi connectivity index (χ0n) is 7.45. The van der Waals surface area contributed by atoms with E-state index in [2.05, 4.69) is 0 Å². The molecule has 0 aliphatic rings. The van der Waals surface area contributed by atoms with Crippen LogP contribution >= 0.6 is 0 Å². The van der Waals surface area contributed by atoms with E-state index in [1.54, 1.807) is 0 Å². The highest BCUT2D eigenvalue weighted by atomic mass is 16.4. The lowest BCUT2D eigenvalue weighted by Gasteiger charge is -2.21. The van der Waals surface area contributed by atoms with Crippen molar-refractivity contribution in [3.05, 3.63) is 0 Å². The van der Waals surface area contributed by atoms with Crippen LogP contribution in [-0.4, -0.2) is 35.6 Å². The van der Waals surface area contributed by atoms with Crippen LogP contribution in [0.4, 0.5) is 0 Å². The summed E-state index contributed by atoms with van der Waals surface area (Å²) in [5.74, 6) is -0.800. The number of nitriles is 1. The molecule has 12 heavy (non-hydrogen) atoms. The number of hydrogen-bond acceptors (Lipinski definition) is 3. The molecule has 0 aromatic carbocycles. The van der Waals surface area contributed by atoms with Gasteiger partial charge in [0.2, 0.25) is 0 Å². The molecule has 68 valence electrons. The van der Waals surface area contributed by atoms with E-state index < -0.39 is 5.97 Å². The minimum absolute atomic E-state index is 0.131. The Morgan fingerprint density at radius 3 is 2.75 bits per heavy atom. The van der Waals surface area contributed by atoms with E-state index in [1.807, 2.05) is 24.9 Å². The summed E-state index contributed by atoms with van der Waals surface area (Å²) in [6.07, 6.45) is 0.572. The molecule has 0 fully saturated rings. The van der Waals surface area contributed by atoms with Crippen LogP contribution in [0.15, 0.2) is 0 Å². The Balaban J connectivity index is 3.64. The average molecular weight is 170 g/mol. The Kier molecular flexibility index (Phi) is 5.06. The molecule has 0 radical (unpaired) electrons. The maximum absolute atomic E-state index is 10.2. The van der Waals surface area contributed by atoms with Crippen molar-refractivity contribution in [2.45, 2.75) is 25.8 Å². The summed E-state index contributed by atoms with van der Waals surface area (Å²) in [5.41, 5.74) is 0. The molecule has 4 heteroatoms. The van der Waals surface area contributed by atoms with Crippen molar-refractivity contribution in [1.82, 2.24) is 4.90 Å². The predicted octanol–water partition coefficient (Wildman–Crippen LogP) is 0.695.